The molecule has 1 amide bonds. The Morgan fingerprint density at radius 1 is 1.04 bits per heavy atom. The van der Waals surface area contributed by atoms with Crippen LogP contribution in [0.3, 0.4) is 0 Å². The van der Waals surface area contributed by atoms with Gasteiger partial charge >= 0.3 is 0 Å². The zero-order chi connectivity index (χ0) is 19.6. The number of carbonyl (C=O) groups is 1. The van der Waals surface area contributed by atoms with E-state index in [1.54, 1.807) is 26.1 Å². The van der Waals surface area contributed by atoms with Gasteiger partial charge in [0.1, 0.15) is 5.82 Å². The Kier molecular flexibility index (Phi) is 7.79. The van der Waals surface area contributed by atoms with Crippen LogP contribution in [-0.2, 0) is 13.1 Å². The lowest BCUT2D eigenvalue weighted by atomic mass is 10.1. The van der Waals surface area contributed by atoms with E-state index in [1.165, 1.54) is 6.07 Å². The summed E-state index contributed by atoms with van der Waals surface area (Å²) in [5.74, 6) is 0.370. The van der Waals surface area contributed by atoms with Gasteiger partial charge in [-0.25, -0.2) is 4.39 Å². The number of halogens is 1. The molecule has 3 N–H and O–H groups in total. The fourth-order valence-corrected chi connectivity index (χ4v) is 2.57. The third kappa shape index (κ3) is 6.40. The van der Waals surface area contributed by atoms with Crippen LogP contribution in [0.25, 0.3) is 0 Å². The highest BCUT2D eigenvalue weighted by atomic mass is 19.1. The quantitative estimate of drug-likeness (QED) is 0.518. The predicted molar refractivity (Wildman–Crippen MR) is 107 cm³/mol. The molecule has 2 aromatic rings. The second kappa shape index (κ2) is 10.3. The SMILES string of the molecule is CCCNC(=O)c1cccc(CNC(=NC)NCc2ccc(F)c(C)c2)c1. The summed E-state index contributed by atoms with van der Waals surface area (Å²) in [5.41, 5.74) is 3.23. The Balaban J connectivity index is 1.90. The van der Waals surface area contributed by atoms with E-state index >= 15 is 0 Å². The second-order valence-electron chi connectivity index (χ2n) is 6.32. The lowest BCUT2D eigenvalue weighted by molar-refractivity contribution is 0.0953. The minimum atomic E-state index is -0.205. The van der Waals surface area contributed by atoms with Gasteiger partial charge in [-0.3, -0.25) is 9.79 Å². The summed E-state index contributed by atoms with van der Waals surface area (Å²) in [6.45, 7) is 5.51. The number of aryl methyl sites for hydroxylation is 1. The van der Waals surface area contributed by atoms with E-state index in [0.29, 0.717) is 36.7 Å². The molecule has 27 heavy (non-hydrogen) atoms. The molecule has 0 atom stereocenters. The zero-order valence-corrected chi connectivity index (χ0v) is 16.1. The van der Waals surface area contributed by atoms with Crippen LogP contribution in [0, 0.1) is 12.7 Å². The average Bonchev–Trinajstić information content (AvgIpc) is 2.69. The van der Waals surface area contributed by atoms with Crippen molar-refractivity contribution < 1.29 is 9.18 Å². The van der Waals surface area contributed by atoms with Crippen LogP contribution in [0.1, 0.15) is 40.4 Å². The maximum Gasteiger partial charge on any atom is 0.251 e. The number of nitrogens with zero attached hydrogens (tertiary/aromatic N) is 1. The molecule has 0 spiro atoms. The Morgan fingerprint density at radius 3 is 2.37 bits per heavy atom. The van der Waals surface area contributed by atoms with Gasteiger partial charge in [-0.1, -0.05) is 31.2 Å². The van der Waals surface area contributed by atoms with Crippen molar-refractivity contribution in [2.24, 2.45) is 4.99 Å². The second-order valence-corrected chi connectivity index (χ2v) is 6.32. The van der Waals surface area contributed by atoms with Gasteiger partial charge in [-0.05, 0) is 48.2 Å². The van der Waals surface area contributed by atoms with Gasteiger partial charge in [0.2, 0.25) is 0 Å². The topological polar surface area (TPSA) is 65.5 Å². The summed E-state index contributed by atoms with van der Waals surface area (Å²) in [4.78, 5) is 16.3. The number of guanidine groups is 1. The van der Waals surface area contributed by atoms with Crippen LogP contribution in [0.5, 0.6) is 0 Å². The molecule has 2 rings (SSSR count). The number of rotatable bonds is 7. The van der Waals surface area contributed by atoms with E-state index < -0.39 is 0 Å². The molecule has 2 aromatic carbocycles. The molecule has 0 bridgehead atoms. The molecule has 0 aliphatic carbocycles. The number of benzene rings is 2. The molecule has 0 saturated carbocycles. The number of nitrogens with one attached hydrogen (secondary N) is 3. The summed E-state index contributed by atoms with van der Waals surface area (Å²) in [6.07, 6.45) is 0.905. The Labute approximate surface area is 160 Å². The van der Waals surface area contributed by atoms with Crippen molar-refractivity contribution in [3.63, 3.8) is 0 Å². The van der Waals surface area contributed by atoms with Crippen LogP contribution in [-0.4, -0.2) is 25.5 Å². The molecule has 0 aliphatic heterocycles. The molecule has 0 fully saturated rings. The predicted octanol–water partition coefficient (Wildman–Crippen LogP) is 3.14. The first-order valence-electron chi connectivity index (χ1n) is 9.10. The van der Waals surface area contributed by atoms with Gasteiger partial charge < -0.3 is 16.0 Å². The first-order valence-corrected chi connectivity index (χ1v) is 9.10. The van der Waals surface area contributed by atoms with Crippen LogP contribution < -0.4 is 16.0 Å². The minimum absolute atomic E-state index is 0.0621. The number of hydrogen-bond donors (Lipinski definition) is 3. The molecule has 0 saturated heterocycles. The van der Waals surface area contributed by atoms with Crippen LogP contribution in [0.15, 0.2) is 47.5 Å². The first-order chi connectivity index (χ1) is 13.0. The van der Waals surface area contributed by atoms with Gasteiger partial charge in [-0.2, -0.15) is 0 Å². The maximum atomic E-state index is 13.3. The average molecular weight is 370 g/mol. The van der Waals surface area contributed by atoms with E-state index in [2.05, 4.69) is 20.9 Å². The molecule has 6 heteroatoms. The van der Waals surface area contributed by atoms with E-state index in [1.807, 2.05) is 31.2 Å². The van der Waals surface area contributed by atoms with E-state index in [-0.39, 0.29) is 11.7 Å². The van der Waals surface area contributed by atoms with E-state index in [9.17, 15) is 9.18 Å². The molecular formula is C21H27FN4O. The van der Waals surface area contributed by atoms with Crippen molar-refractivity contribution in [2.75, 3.05) is 13.6 Å². The highest BCUT2D eigenvalue weighted by Crippen LogP contribution is 2.09. The smallest absolute Gasteiger partial charge is 0.251 e. The van der Waals surface area contributed by atoms with Gasteiger partial charge in [0.25, 0.3) is 5.91 Å². The van der Waals surface area contributed by atoms with E-state index in [0.717, 1.165) is 17.5 Å². The van der Waals surface area contributed by atoms with Crippen molar-refractivity contribution in [2.45, 2.75) is 33.4 Å². The molecule has 144 valence electrons. The van der Waals surface area contributed by atoms with E-state index in [4.69, 9.17) is 0 Å². The van der Waals surface area contributed by atoms with Crippen molar-refractivity contribution >= 4 is 11.9 Å². The zero-order valence-electron chi connectivity index (χ0n) is 16.1. The highest BCUT2D eigenvalue weighted by molar-refractivity contribution is 5.94. The molecule has 0 aromatic heterocycles. The van der Waals surface area contributed by atoms with Gasteiger partial charge in [0.15, 0.2) is 5.96 Å². The Morgan fingerprint density at radius 2 is 1.74 bits per heavy atom. The van der Waals surface area contributed by atoms with Crippen molar-refractivity contribution in [3.8, 4) is 0 Å². The van der Waals surface area contributed by atoms with Crippen molar-refractivity contribution in [1.29, 1.82) is 0 Å². The minimum Gasteiger partial charge on any atom is -0.352 e. The largest absolute Gasteiger partial charge is 0.352 e. The summed E-state index contributed by atoms with van der Waals surface area (Å²) in [5, 5.41) is 9.31. The lowest BCUT2D eigenvalue weighted by Crippen LogP contribution is -2.36. The van der Waals surface area contributed by atoms with Crippen molar-refractivity contribution in [3.05, 3.63) is 70.5 Å². The first kappa shape index (κ1) is 20.4. The maximum absolute atomic E-state index is 13.3. The summed E-state index contributed by atoms with van der Waals surface area (Å²) in [6, 6.07) is 12.5. The monoisotopic (exact) mass is 370 g/mol. The van der Waals surface area contributed by atoms with Crippen LogP contribution >= 0.6 is 0 Å². The standard InChI is InChI=1S/C21H27FN4O/c1-4-10-24-20(27)18-7-5-6-16(12-18)13-25-21(23-3)26-14-17-8-9-19(22)15(2)11-17/h5-9,11-12H,4,10,13-14H2,1-3H3,(H,24,27)(H2,23,25,26). The summed E-state index contributed by atoms with van der Waals surface area (Å²) < 4.78 is 13.3. The molecule has 0 aliphatic rings. The van der Waals surface area contributed by atoms with Gasteiger partial charge in [0.05, 0.1) is 0 Å². The summed E-state index contributed by atoms with van der Waals surface area (Å²) >= 11 is 0. The molecule has 5 nitrogen and oxygen atoms in total. The number of amides is 1. The summed E-state index contributed by atoms with van der Waals surface area (Å²) in [7, 11) is 1.69. The number of aliphatic imine (C=N–C) groups is 1. The number of carbonyl (C=O) groups excluding carboxylic acids is 1. The van der Waals surface area contributed by atoms with Gasteiger partial charge in [0, 0.05) is 32.2 Å². The lowest BCUT2D eigenvalue weighted by Gasteiger charge is -2.13. The third-order valence-electron chi connectivity index (χ3n) is 4.09. The molecule has 0 radical (unpaired) electrons. The van der Waals surface area contributed by atoms with Crippen molar-refractivity contribution in [1.82, 2.24) is 16.0 Å². The molecule has 0 heterocycles. The van der Waals surface area contributed by atoms with Crippen LogP contribution in [0.2, 0.25) is 0 Å². The molecule has 0 unspecified atom stereocenters. The number of hydrogen-bond acceptors (Lipinski definition) is 2. The molecular weight excluding hydrogens is 343 g/mol. The van der Waals surface area contributed by atoms with Crippen LogP contribution in [0.4, 0.5) is 4.39 Å². The Hall–Kier alpha value is -2.89. The highest BCUT2D eigenvalue weighted by Gasteiger charge is 2.06. The third-order valence-corrected chi connectivity index (χ3v) is 4.09. The fourth-order valence-electron chi connectivity index (χ4n) is 2.57. The van der Waals surface area contributed by atoms with Gasteiger partial charge in [-0.15, -0.1) is 0 Å². The fraction of sp³-hybridized carbons (Fsp3) is 0.333. The Bertz CT molecular complexity index is 805. The normalized spacial score (nSPS) is 11.2.